The minimum Gasteiger partial charge on any atom is -0.451 e. The summed E-state index contributed by atoms with van der Waals surface area (Å²) in [5, 5.41) is 6.58. The van der Waals surface area contributed by atoms with E-state index in [1.54, 1.807) is 29.2 Å². The Labute approximate surface area is 267 Å². The van der Waals surface area contributed by atoms with Gasteiger partial charge in [-0.1, -0.05) is 43.0 Å². The maximum absolute atomic E-state index is 14.1. The molecule has 0 bridgehead atoms. The van der Waals surface area contributed by atoms with Crippen molar-refractivity contribution < 1.29 is 23.2 Å². The van der Waals surface area contributed by atoms with E-state index in [9.17, 15) is 23.6 Å². The van der Waals surface area contributed by atoms with Crippen molar-refractivity contribution in [3.05, 3.63) is 80.9 Å². The number of fused-ring (bicyclic) bond motifs is 1. The molecule has 2 aromatic carbocycles. The third kappa shape index (κ3) is 7.57. The van der Waals surface area contributed by atoms with E-state index in [1.165, 1.54) is 12.5 Å². The van der Waals surface area contributed by atoms with Gasteiger partial charge in [-0.25, -0.2) is 4.39 Å². The van der Waals surface area contributed by atoms with E-state index >= 15 is 0 Å². The van der Waals surface area contributed by atoms with Crippen molar-refractivity contribution in [3.8, 4) is 0 Å². The summed E-state index contributed by atoms with van der Waals surface area (Å²) in [7, 11) is 0. The van der Waals surface area contributed by atoms with Crippen molar-refractivity contribution in [2.45, 2.75) is 83.7 Å². The predicted octanol–water partition coefficient (Wildman–Crippen LogP) is 6.03. The van der Waals surface area contributed by atoms with Crippen LogP contribution in [-0.4, -0.2) is 47.3 Å². The molecule has 3 amide bonds. The van der Waals surface area contributed by atoms with Crippen LogP contribution in [-0.2, 0) is 16.0 Å². The van der Waals surface area contributed by atoms with Crippen LogP contribution < -0.4 is 16.1 Å². The summed E-state index contributed by atoms with van der Waals surface area (Å²) in [5.41, 5.74) is -0.631. The van der Waals surface area contributed by atoms with Crippen LogP contribution in [0.25, 0.3) is 11.0 Å². The summed E-state index contributed by atoms with van der Waals surface area (Å²) >= 11 is 6.08. The van der Waals surface area contributed by atoms with Crippen molar-refractivity contribution in [2.24, 2.45) is 11.3 Å². The maximum Gasteiger partial charge on any atom is 0.287 e. The normalized spacial score (nSPS) is 17.9. The highest BCUT2D eigenvalue weighted by Crippen LogP contribution is 2.46. The Kier molecular flexibility index (Phi) is 9.68. The summed E-state index contributed by atoms with van der Waals surface area (Å²) in [5.74, 6) is -1.56. The van der Waals surface area contributed by atoms with E-state index < -0.39 is 28.6 Å². The van der Waals surface area contributed by atoms with E-state index in [1.807, 2.05) is 20.8 Å². The van der Waals surface area contributed by atoms with Crippen LogP contribution in [0, 0.1) is 17.2 Å². The van der Waals surface area contributed by atoms with E-state index in [-0.39, 0.29) is 46.4 Å². The molecule has 45 heavy (non-hydrogen) atoms. The fourth-order valence-corrected chi connectivity index (χ4v) is 6.94. The molecule has 8 nitrogen and oxygen atoms in total. The van der Waals surface area contributed by atoms with Gasteiger partial charge in [-0.15, -0.1) is 0 Å². The second-order valence-corrected chi connectivity index (χ2v) is 13.9. The number of hydrogen-bond donors (Lipinski definition) is 2. The predicted molar refractivity (Wildman–Crippen MR) is 172 cm³/mol. The number of amides is 3. The second kappa shape index (κ2) is 13.3. The number of halogens is 2. The number of nitrogens with one attached hydrogen (secondary N) is 2. The van der Waals surface area contributed by atoms with Gasteiger partial charge in [-0.05, 0) is 88.3 Å². The summed E-state index contributed by atoms with van der Waals surface area (Å²) in [6.45, 7) is 6.72. The molecule has 240 valence electrons. The van der Waals surface area contributed by atoms with Gasteiger partial charge in [-0.3, -0.25) is 19.2 Å². The highest BCUT2D eigenvalue weighted by molar-refractivity contribution is 6.30. The van der Waals surface area contributed by atoms with Crippen molar-refractivity contribution in [3.63, 3.8) is 0 Å². The lowest BCUT2D eigenvalue weighted by Gasteiger charge is -2.48. The number of hydrogen-bond acceptors (Lipinski definition) is 5. The highest BCUT2D eigenvalue weighted by atomic mass is 35.5. The molecular formula is C35H41ClFN3O5. The topological polar surface area (TPSA) is 109 Å². The Morgan fingerprint density at radius 2 is 1.69 bits per heavy atom. The lowest BCUT2D eigenvalue weighted by molar-refractivity contribution is -0.147. The third-order valence-electron chi connectivity index (χ3n) is 9.16. The second-order valence-electron chi connectivity index (χ2n) is 13.5. The number of likely N-dealkylation sites (tertiary alicyclic amines) is 1. The molecule has 1 saturated heterocycles. The average molecular weight is 638 g/mol. The fourth-order valence-electron chi connectivity index (χ4n) is 6.81. The van der Waals surface area contributed by atoms with Crippen molar-refractivity contribution in [1.29, 1.82) is 0 Å². The molecule has 2 heterocycles. The first-order valence-corrected chi connectivity index (χ1v) is 16.1. The lowest BCUT2D eigenvalue weighted by atomic mass is 9.63. The molecule has 3 aromatic rings. The largest absolute Gasteiger partial charge is 0.451 e. The quantitative estimate of drug-likeness (QED) is 0.329. The summed E-state index contributed by atoms with van der Waals surface area (Å²) < 4.78 is 19.3. The third-order valence-corrected chi connectivity index (χ3v) is 9.42. The minimum absolute atomic E-state index is 0.0191. The molecule has 0 unspecified atom stereocenters. The molecule has 5 rings (SSSR count). The van der Waals surface area contributed by atoms with Crippen LogP contribution in [0.2, 0.25) is 5.02 Å². The molecule has 10 heteroatoms. The number of piperidine rings is 1. The molecule has 2 aliphatic rings. The molecule has 1 aromatic heterocycles. The zero-order valence-electron chi connectivity index (χ0n) is 26.1. The van der Waals surface area contributed by atoms with Gasteiger partial charge in [0.15, 0.2) is 11.2 Å². The first-order valence-electron chi connectivity index (χ1n) is 15.7. The van der Waals surface area contributed by atoms with Crippen LogP contribution in [0.4, 0.5) is 4.39 Å². The van der Waals surface area contributed by atoms with Gasteiger partial charge in [0, 0.05) is 36.1 Å². The van der Waals surface area contributed by atoms with Gasteiger partial charge >= 0.3 is 0 Å². The fraction of sp³-hybridized carbons (Fsp3) is 0.486. The van der Waals surface area contributed by atoms with Gasteiger partial charge in [-0.2, -0.15) is 0 Å². The smallest absolute Gasteiger partial charge is 0.287 e. The molecule has 2 N–H and O–H groups in total. The van der Waals surface area contributed by atoms with Gasteiger partial charge < -0.3 is 20.0 Å². The lowest BCUT2D eigenvalue weighted by Crippen LogP contribution is -2.59. The molecule has 1 atom stereocenters. The molecule has 2 fully saturated rings. The molecule has 0 radical (unpaired) electrons. The Hall–Kier alpha value is -3.72. The monoisotopic (exact) mass is 637 g/mol. The summed E-state index contributed by atoms with van der Waals surface area (Å²) in [6.07, 6.45) is 6.67. The summed E-state index contributed by atoms with van der Waals surface area (Å²) in [4.78, 5) is 55.7. The number of rotatable bonds is 7. The number of benzene rings is 2. The van der Waals surface area contributed by atoms with Crippen LogP contribution in [0.1, 0.15) is 81.8 Å². The van der Waals surface area contributed by atoms with Crippen LogP contribution in [0.5, 0.6) is 0 Å². The average Bonchev–Trinajstić information content (AvgIpc) is 3.01. The molecule has 1 aliphatic carbocycles. The Balaban J connectivity index is 1.38. The van der Waals surface area contributed by atoms with Crippen molar-refractivity contribution in [1.82, 2.24) is 15.5 Å². The Morgan fingerprint density at radius 3 is 2.33 bits per heavy atom. The zero-order chi connectivity index (χ0) is 32.4. The van der Waals surface area contributed by atoms with Crippen LogP contribution >= 0.6 is 11.6 Å². The number of nitrogens with zero attached hydrogens (tertiary/aromatic N) is 1. The zero-order valence-corrected chi connectivity index (χ0v) is 26.8. The number of carbonyl (C=O) groups excluding carboxylic acids is 3. The van der Waals surface area contributed by atoms with Gasteiger partial charge in [0.2, 0.25) is 11.8 Å². The van der Waals surface area contributed by atoms with E-state index in [4.69, 9.17) is 16.0 Å². The Morgan fingerprint density at radius 1 is 1.02 bits per heavy atom. The first kappa shape index (κ1) is 32.7. The SMILES string of the molecule is CC(C)(C)NC(=O)C1(C2CCCCC2)CCN(C(=O)[C@@H](Cc2ccc(Cl)cc2)NC(=O)c2cc(=O)c3cc(F)ccc3o2)CC1. The minimum atomic E-state index is -0.974. The van der Waals surface area contributed by atoms with Gasteiger partial charge in [0.05, 0.1) is 10.8 Å². The molecular weight excluding hydrogens is 597 g/mol. The van der Waals surface area contributed by atoms with Crippen LogP contribution in [0.15, 0.2) is 57.7 Å². The highest BCUT2D eigenvalue weighted by Gasteiger charge is 2.49. The number of carbonyl (C=O) groups is 3. The maximum atomic E-state index is 14.1. The molecule has 1 saturated carbocycles. The molecule has 0 spiro atoms. The first-order chi connectivity index (χ1) is 21.3. The van der Waals surface area contributed by atoms with E-state index in [0.29, 0.717) is 31.0 Å². The van der Waals surface area contributed by atoms with Crippen LogP contribution in [0.3, 0.4) is 0 Å². The Bertz CT molecular complexity index is 1620. The standard InChI is InChI=1S/C35H41ClFN3O5/c1-34(2,3)39-33(44)35(23-7-5-4-6-8-23)15-17-40(18-16-35)32(43)27(19-22-9-11-24(36)12-10-22)38-31(42)30-21-28(41)26-20-25(37)13-14-29(26)45-30/h9-14,20-21,23,27H,4-8,15-19H2,1-3H3,(H,38,42)(H,39,44)/t27-/m1/s1. The van der Waals surface area contributed by atoms with E-state index in [0.717, 1.165) is 49.4 Å². The van der Waals surface area contributed by atoms with Gasteiger partial charge in [0.25, 0.3) is 5.91 Å². The van der Waals surface area contributed by atoms with E-state index in [2.05, 4.69) is 10.6 Å². The summed E-state index contributed by atoms with van der Waals surface area (Å²) in [6, 6.07) is 10.5. The van der Waals surface area contributed by atoms with Crippen molar-refractivity contribution >= 4 is 40.3 Å². The van der Waals surface area contributed by atoms with Gasteiger partial charge in [0.1, 0.15) is 17.4 Å². The van der Waals surface area contributed by atoms with Crippen molar-refractivity contribution in [2.75, 3.05) is 13.1 Å². The molecule has 1 aliphatic heterocycles.